The summed E-state index contributed by atoms with van der Waals surface area (Å²) in [4.78, 5) is 22.6. The summed E-state index contributed by atoms with van der Waals surface area (Å²) in [5.41, 5.74) is 0.768. The van der Waals surface area contributed by atoms with E-state index in [1.807, 2.05) is 6.92 Å². The number of hydrogen-bond donors (Lipinski definition) is 3. The van der Waals surface area contributed by atoms with E-state index < -0.39 is 23.9 Å². The number of rotatable bonds is 5. The fraction of sp³-hybridized carbons (Fsp3) is 0.429. The lowest BCUT2D eigenvalue weighted by molar-refractivity contribution is -0.126. The van der Waals surface area contributed by atoms with Gasteiger partial charge in [0.15, 0.2) is 17.7 Å². The molecule has 0 saturated carbocycles. The predicted molar refractivity (Wildman–Crippen MR) is 76.6 cm³/mol. The maximum atomic E-state index is 13.9. The Kier molecular flexibility index (Phi) is 6.10. The molecule has 1 rings (SSSR count). The van der Waals surface area contributed by atoms with Crippen molar-refractivity contribution in [3.63, 3.8) is 0 Å². The van der Waals surface area contributed by atoms with Crippen LogP contribution in [0.5, 0.6) is 5.75 Å². The average Bonchev–Trinajstić information content (AvgIpc) is 2.47. The smallest absolute Gasteiger partial charge is 0.321 e. The van der Waals surface area contributed by atoms with E-state index in [4.69, 9.17) is 4.74 Å². The summed E-state index contributed by atoms with van der Waals surface area (Å²) in [6, 6.07) is 3.88. The molecule has 3 amide bonds. The quantitative estimate of drug-likeness (QED) is 0.766. The molecule has 0 aliphatic carbocycles. The minimum atomic E-state index is -0.996. The zero-order valence-electron chi connectivity index (χ0n) is 12.5. The highest BCUT2D eigenvalue weighted by Gasteiger charge is 2.19. The Balaban J connectivity index is 2.74. The summed E-state index contributed by atoms with van der Waals surface area (Å²) in [6.07, 6.45) is -0.996. The fourth-order valence-electron chi connectivity index (χ4n) is 1.57. The van der Waals surface area contributed by atoms with Gasteiger partial charge in [0.25, 0.3) is 5.91 Å². The monoisotopic (exact) mass is 297 g/mol. The zero-order valence-corrected chi connectivity index (χ0v) is 12.5. The van der Waals surface area contributed by atoms with Crippen LogP contribution in [0.4, 0.5) is 9.18 Å². The van der Waals surface area contributed by atoms with Crippen molar-refractivity contribution >= 4 is 11.9 Å². The number of carbonyl (C=O) groups is 2. The molecule has 7 heteroatoms. The fourth-order valence-corrected chi connectivity index (χ4v) is 1.57. The van der Waals surface area contributed by atoms with E-state index >= 15 is 0 Å². The Morgan fingerprint density at radius 1 is 1.24 bits per heavy atom. The third-order valence-electron chi connectivity index (χ3n) is 3.03. The van der Waals surface area contributed by atoms with Crippen LogP contribution in [0.2, 0.25) is 0 Å². The van der Waals surface area contributed by atoms with Gasteiger partial charge < -0.3 is 15.4 Å². The van der Waals surface area contributed by atoms with Crippen LogP contribution in [0.15, 0.2) is 18.2 Å². The van der Waals surface area contributed by atoms with E-state index in [1.165, 1.54) is 26.1 Å². The molecule has 0 saturated heterocycles. The molecule has 0 aromatic heterocycles. The van der Waals surface area contributed by atoms with Gasteiger partial charge in [0.1, 0.15) is 0 Å². The number of benzene rings is 1. The van der Waals surface area contributed by atoms with Gasteiger partial charge in [0, 0.05) is 13.1 Å². The van der Waals surface area contributed by atoms with Crippen molar-refractivity contribution in [1.29, 1.82) is 0 Å². The first kappa shape index (κ1) is 16.9. The molecule has 0 fully saturated rings. The van der Waals surface area contributed by atoms with Gasteiger partial charge in [0.05, 0.1) is 0 Å². The molecule has 0 heterocycles. The van der Waals surface area contributed by atoms with Gasteiger partial charge in [-0.3, -0.25) is 10.1 Å². The molecular weight excluding hydrogens is 277 g/mol. The summed E-state index contributed by atoms with van der Waals surface area (Å²) in [7, 11) is 3.16. The Labute approximate surface area is 123 Å². The van der Waals surface area contributed by atoms with Gasteiger partial charge in [-0.05, 0) is 38.6 Å². The van der Waals surface area contributed by atoms with Gasteiger partial charge in [-0.15, -0.1) is 0 Å². The highest BCUT2D eigenvalue weighted by atomic mass is 19.1. The van der Waals surface area contributed by atoms with Crippen molar-refractivity contribution in [2.45, 2.75) is 26.0 Å². The standard InChI is InChI=1S/C14H20FN3O3/c1-8(16-3)10-5-6-12(11(15)7-10)21-9(2)13(19)18-14(20)17-4/h5-9,16H,1-4H3,(H2,17,18,19,20). The van der Waals surface area contributed by atoms with Gasteiger partial charge in [-0.25, -0.2) is 9.18 Å². The normalized spacial score (nSPS) is 13.2. The maximum Gasteiger partial charge on any atom is 0.321 e. The average molecular weight is 297 g/mol. The van der Waals surface area contributed by atoms with Crippen molar-refractivity contribution in [2.75, 3.05) is 14.1 Å². The molecule has 0 aliphatic heterocycles. The van der Waals surface area contributed by atoms with Crippen LogP contribution in [0.3, 0.4) is 0 Å². The van der Waals surface area contributed by atoms with E-state index in [-0.39, 0.29) is 11.8 Å². The molecule has 6 nitrogen and oxygen atoms in total. The number of nitrogens with one attached hydrogen (secondary N) is 3. The first-order valence-corrected chi connectivity index (χ1v) is 6.55. The molecule has 0 bridgehead atoms. The van der Waals surface area contributed by atoms with E-state index in [0.29, 0.717) is 0 Å². The minimum Gasteiger partial charge on any atom is -0.478 e. The molecule has 2 atom stereocenters. The molecule has 116 valence electrons. The van der Waals surface area contributed by atoms with E-state index in [2.05, 4.69) is 16.0 Å². The molecule has 21 heavy (non-hydrogen) atoms. The van der Waals surface area contributed by atoms with E-state index in [0.717, 1.165) is 5.56 Å². The third kappa shape index (κ3) is 4.71. The minimum absolute atomic E-state index is 0.00234. The van der Waals surface area contributed by atoms with Crippen molar-refractivity contribution in [3.05, 3.63) is 29.6 Å². The summed E-state index contributed by atoms with van der Waals surface area (Å²) < 4.78 is 19.2. The lowest BCUT2D eigenvalue weighted by atomic mass is 10.1. The van der Waals surface area contributed by atoms with Crippen LogP contribution in [0.25, 0.3) is 0 Å². The lowest BCUT2D eigenvalue weighted by Crippen LogP contribution is -2.44. The highest BCUT2D eigenvalue weighted by Crippen LogP contribution is 2.22. The lowest BCUT2D eigenvalue weighted by Gasteiger charge is -2.16. The second-order valence-corrected chi connectivity index (χ2v) is 4.53. The molecule has 2 unspecified atom stereocenters. The molecule has 0 aliphatic rings. The number of carbonyl (C=O) groups excluding carboxylic acids is 2. The van der Waals surface area contributed by atoms with Crippen LogP contribution in [-0.2, 0) is 4.79 Å². The van der Waals surface area contributed by atoms with Gasteiger partial charge in [-0.2, -0.15) is 0 Å². The van der Waals surface area contributed by atoms with Crippen LogP contribution < -0.4 is 20.7 Å². The Morgan fingerprint density at radius 3 is 2.43 bits per heavy atom. The third-order valence-corrected chi connectivity index (χ3v) is 3.03. The number of urea groups is 1. The highest BCUT2D eigenvalue weighted by molar-refractivity contribution is 5.96. The summed E-state index contributed by atoms with van der Waals surface area (Å²) in [5, 5.41) is 7.31. The molecule has 1 aromatic carbocycles. The molecule has 0 spiro atoms. The number of amides is 3. The second kappa shape index (κ2) is 7.58. The largest absolute Gasteiger partial charge is 0.478 e. The molecule has 0 radical (unpaired) electrons. The Hall–Kier alpha value is -2.15. The molecule has 1 aromatic rings. The molecular formula is C14H20FN3O3. The van der Waals surface area contributed by atoms with Crippen LogP contribution in [0, 0.1) is 5.82 Å². The van der Waals surface area contributed by atoms with Crippen LogP contribution >= 0.6 is 0 Å². The summed E-state index contributed by atoms with van der Waals surface area (Å²) in [5.74, 6) is -1.25. The van der Waals surface area contributed by atoms with E-state index in [9.17, 15) is 14.0 Å². The SMILES string of the molecule is CNC(=O)NC(=O)C(C)Oc1ccc(C(C)NC)cc1F. The number of imide groups is 1. The van der Waals surface area contributed by atoms with Crippen molar-refractivity contribution in [3.8, 4) is 5.75 Å². The zero-order chi connectivity index (χ0) is 16.0. The Morgan fingerprint density at radius 2 is 1.90 bits per heavy atom. The number of ether oxygens (including phenoxy) is 1. The number of halogens is 1. The first-order valence-electron chi connectivity index (χ1n) is 6.55. The van der Waals surface area contributed by atoms with Crippen molar-refractivity contribution in [1.82, 2.24) is 16.0 Å². The van der Waals surface area contributed by atoms with Gasteiger partial charge in [0.2, 0.25) is 0 Å². The van der Waals surface area contributed by atoms with Crippen molar-refractivity contribution < 1.29 is 18.7 Å². The van der Waals surface area contributed by atoms with Crippen molar-refractivity contribution in [2.24, 2.45) is 0 Å². The van der Waals surface area contributed by atoms with Gasteiger partial charge in [-0.1, -0.05) is 6.07 Å². The number of hydrogen-bond acceptors (Lipinski definition) is 4. The topological polar surface area (TPSA) is 79.5 Å². The summed E-state index contributed by atoms with van der Waals surface area (Å²) >= 11 is 0. The van der Waals surface area contributed by atoms with Gasteiger partial charge >= 0.3 is 6.03 Å². The Bertz CT molecular complexity index is 522. The predicted octanol–water partition coefficient (Wildman–Crippen LogP) is 1.33. The second-order valence-electron chi connectivity index (χ2n) is 4.53. The maximum absolute atomic E-state index is 13.9. The summed E-state index contributed by atoms with van der Waals surface area (Å²) in [6.45, 7) is 3.33. The van der Waals surface area contributed by atoms with E-state index in [1.54, 1.807) is 13.1 Å². The van der Waals surface area contributed by atoms with Crippen LogP contribution in [0.1, 0.15) is 25.5 Å². The molecule has 3 N–H and O–H groups in total. The van der Waals surface area contributed by atoms with Crippen LogP contribution in [-0.4, -0.2) is 32.1 Å². The first-order chi connectivity index (χ1) is 9.88.